The van der Waals surface area contributed by atoms with Gasteiger partial charge in [-0.05, 0) is 55.0 Å². The largest absolute Gasteiger partial charge is 0.573 e. The van der Waals surface area contributed by atoms with E-state index < -0.39 is 6.36 Å². The molecule has 0 atom stereocenters. The fraction of sp³-hybridized carbons (Fsp3) is 0.158. The molecule has 0 spiro atoms. The third-order valence-corrected chi connectivity index (χ3v) is 4.30. The number of halogens is 4. The molecule has 0 fully saturated rings. The predicted octanol–water partition coefficient (Wildman–Crippen LogP) is 4.90. The smallest absolute Gasteiger partial charge is 0.406 e. The number of aromatic nitrogens is 5. The van der Waals surface area contributed by atoms with E-state index in [-0.39, 0.29) is 17.5 Å². The lowest BCUT2D eigenvalue weighted by molar-refractivity contribution is -0.274. The summed E-state index contributed by atoms with van der Waals surface area (Å²) in [5, 5.41) is 8.75. The van der Waals surface area contributed by atoms with Gasteiger partial charge in [0.1, 0.15) is 10.9 Å². The first-order chi connectivity index (χ1) is 14.3. The summed E-state index contributed by atoms with van der Waals surface area (Å²) in [5.41, 5.74) is 2.75. The Morgan fingerprint density at radius 3 is 2.60 bits per heavy atom. The molecule has 0 radical (unpaired) electrons. The first-order valence-corrected chi connectivity index (χ1v) is 9.00. The fourth-order valence-corrected chi connectivity index (χ4v) is 2.94. The molecule has 4 rings (SSSR count). The summed E-state index contributed by atoms with van der Waals surface area (Å²) in [6, 6.07) is 10.6. The lowest BCUT2D eigenvalue weighted by atomic mass is 10.2. The standard InChI is InChI=1S/C19H13ClF3N5O2/c1-11-8-15(26-28(11)10-12-6-7-24-16(20)9-12)18-25-17(27-30-18)13-2-4-14(5-3-13)29-19(21,22)23/h2-9H,10H2,1H3. The second-order valence-electron chi connectivity index (χ2n) is 6.31. The molecule has 11 heteroatoms. The first kappa shape index (κ1) is 19.9. The molecule has 1 aromatic carbocycles. The summed E-state index contributed by atoms with van der Waals surface area (Å²) >= 11 is 5.92. The molecule has 0 aliphatic rings. The maximum atomic E-state index is 12.3. The lowest BCUT2D eigenvalue weighted by Crippen LogP contribution is -2.16. The van der Waals surface area contributed by atoms with Crippen LogP contribution in [-0.4, -0.2) is 31.3 Å². The van der Waals surface area contributed by atoms with Crippen molar-refractivity contribution in [2.45, 2.75) is 19.8 Å². The fourth-order valence-electron chi connectivity index (χ4n) is 2.74. The van der Waals surface area contributed by atoms with Crippen molar-refractivity contribution in [3.63, 3.8) is 0 Å². The highest BCUT2D eigenvalue weighted by Gasteiger charge is 2.31. The van der Waals surface area contributed by atoms with E-state index in [1.807, 2.05) is 13.0 Å². The molecule has 0 N–H and O–H groups in total. The van der Waals surface area contributed by atoms with Gasteiger partial charge in [0.25, 0.3) is 5.89 Å². The van der Waals surface area contributed by atoms with Crippen molar-refractivity contribution in [3.05, 3.63) is 65.1 Å². The molecule has 0 aliphatic carbocycles. The van der Waals surface area contributed by atoms with Gasteiger partial charge in [0.05, 0.1) is 6.54 Å². The van der Waals surface area contributed by atoms with Crippen LogP contribution in [0.3, 0.4) is 0 Å². The van der Waals surface area contributed by atoms with E-state index in [1.165, 1.54) is 24.3 Å². The SMILES string of the molecule is Cc1cc(-c2nc(-c3ccc(OC(F)(F)F)cc3)no2)nn1Cc1ccnc(Cl)c1. The number of alkyl halides is 3. The van der Waals surface area contributed by atoms with Crippen LogP contribution in [0, 0.1) is 6.92 Å². The molecule has 0 unspecified atom stereocenters. The molecule has 7 nitrogen and oxygen atoms in total. The zero-order valence-electron chi connectivity index (χ0n) is 15.4. The topological polar surface area (TPSA) is 78.9 Å². The minimum atomic E-state index is -4.75. The zero-order chi connectivity index (χ0) is 21.3. The Bertz CT molecular complexity index is 1170. The van der Waals surface area contributed by atoms with Gasteiger partial charge >= 0.3 is 6.36 Å². The number of nitrogens with zero attached hydrogens (tertiary/aromatic N) is 5. The molecule has 0 saturated carbocycles. The Balaban J connectivity index is 1.53. The van der Waals surface area contributed by atoms with Gasteiger partial charge in [0.15, 0.2) is 5.69 Å². The van der Waals surface area contributed by atoms with Crippen molar-refractivity contribution in [2.24, 2.45) is 0 Å². The van der Waals surface area contributed by atoms with E-state index in [9.17, 15) is 13.2 Å². The van der Waals surface area contributed by atoms with Gasteiger partial charge in [0, 0.05) is 17.5 Å². The molecular formula is C19H13ClF3N5O2. The van der Waals surface area contributed by atoms with Crippen molar-refractivity contribution in [1.82, 2.24) is 24.9 Å². The van der Waals surface area contributed by atoms with Gasteiger partial charge in [-0.2, -0.15) is 10.1 Å². The number of rotatable bonds is 5. The van der Waals surface area contributed by atoms with Crippen molar-refractivity contribution >= 4 is 11.6 Å². The predicted molar refractivity (Wildman–Crippen MR) is 101 cm³/mol. The average Bonchev–Trinajstić information content (AvgIpc) is 3.29. The minimum absolute atomic E-state index is 0.190. The molecular weight excluding hydrogens is 423 g/mol. The molecule has 0 amide bonds. The number of hydrogen-bond donors (Lipinski definition) is 0. The van der Waals surface area contributed by atoms with E-state index >= 15 is 0 Å². The van der Waals surface area contributed by atoms with E-state index in [1.54, 1.807) is 23.0 Å². The molecule has 3 heterocycles. The van der Waals surface area contributed by atoms with Crippen LogP contribution in [0.5, 0.6) is 5.75 Å². The summed E-state index contributed by atoms with van der Waals surface area (Å²) in [7, 11) is 0. The third kappa shape index (κ3) is 4.60. The number of aryl methyl sites for hydroxylation is 1. The Morgan fingerprint density at radius 2 is 1.90 bits per heavy atom. The van der Waals surface area contributed by atoms with Gasteiger partial charge in [0.2, 0.25) is 5.82 Å². The van der Waals surface area contributed by atoms with Crippen LogP contribution in [0.4, 0.5) is 13.2 Å². The van der Waals surface area contributed by atoms with Crippen LogP contribution in [-0.2, 0) is 6.54 Å². The maximum Gasteiger partial charge on any atom is 0.573 e. The average molecular weight is 436 g/mol. The van der Waals surface area contributed by atoms with Crippen LogP contribution in [0.2, 0.25) is 5.15 Å². The van der Waals surface area contributed by atoms with Gasteiger partial charge in [-0.25, -0.2) is 4.98 Å². The highest BCUT2D eigenvalue weighted by molar-refractivity contribution is 6.29. The van der Waals surface area contributed by atoms with Crippen LogP contribution in [0.1, 0.15) is 11.3 Å². The Labute approximate surface area is 173 Å². The maximum absolute atomic E-state index is 12.3. The second-order valence-corrected chi connectivity index (χ2v) is 6.70. The molecule has 154 valence electrons. The summed E-state index contributed by atoms with van der Waals surface area (Å²) in [6.07, 6.45) is -3.13. The normalized spacial score (nSPS) is 11.6. The van der Waals surface area contributed by atoms with Gasteiger partial charge < -0.3 is 9.26 Å². The van der Waals surface area contributed by atoms with E-state index in [0.29, 0.717) is 23.0 Å². The van der Waals surface area contributed by atoms with E-state index in [4.69, 9.17) is 16.1 Å². The summed E-state index contributed by atoms with van der Waals surface area (Å²) in [5.74, 6) is 0.0763. The molecule has 30 heavy (non-hydrogen) atoms. The number of ether oxygens (including phenoxy) is 1. The van der Waals surface area contributed by atoms with E-state index in [0.717, 1.165) is 11.3 Å². The number of hydrogen-bond acceptors (Lipinski definition) is 6. The molecule has 0 aliphatic heterocycles. The lowest BCUT2D eigenvalue weighted by Gasteiger charge is -2.08. The first-order valence-electron chi connectivity index (χ1n) is 8.62. The summed E-state index contributed by atoms with van der Waals surface area (Å²) < 4.78 is 47.7. The van der Waals surface area contributed by atoms with Gasteiger partial charge in [-0.3, -0.25) is 4.68 Å². The van der Waals surface area contributed by atoms with Crippen molar-refractivity contribution in [1.29, 1.82) is 0 Å². The van der Waals surface area contributed by atoms with Crippen LogP contribution in [0.25, 0.3) is 23.0 Å². The van der Waals surface area contributed by atoms with Crippen molar-refractivity contribution < 1.29 is 22.4 Å². The third-order valence-electron chi connectivity index (χ3n) is 4.10. The van der Waals surface area contributed by atoms with Crippen LogP contribution in [0.15, 0.2) is 53.2 Å². The minimum Gasteiger partial charge on any atom is -0.406 e. The van der Waals surface area contributed by atoms with E-state index in [2.05, 4.69) is 25.0 Å². The highest BCUT2D eigenvalue weighted by atomic mass is 35.5. The Morgan fingerprint density at radius 1 is 1.13 bits per heavy atom. The Kier molecular flexibility index (Phi) is 5.17. The molecule has 0 bridgehead atoms. The quantitative estimate of drug-likeness (QED) is 0.415. The monoisotopic (exact) mass is 435 g/mol. The van der Waals surface area contributed by atoms with Crippen molar-refractivity contribution in [3.8, 4) is 28.7 Å². The summed E-state index contributed by atoms with van der Waals surface area (Å²) in [6.45, 7) is 2.37. The highest BCUT2D eigenvalue weighted by Crippen LogP contribution is 2.27. The summed E-state index contributed by atoms with van der Waals surface area (Å²) in [4.78, 5) is 8.23. The second kappa shape index (κ2) is 7.79. The van der Waals surface area contributed by atoms with Gasteiger partial charge in [-0.15, -0.1) is 13.2 Å². The molecule has 0 saturated heterocycles. The van der Waals surface area contributed by atoms with Gasteiger partial charge in [-0.1, -0.05) is 16.8 Å². The Hall–Kier alpha value is -3.40. The number of benzene rings is 1. The number of pyridine rings is 1. The molecule has 4 aromatic rings. The van der Waals surface area contributed by atoms with Crippen LogP contribution >= 0.6 is 11.6 Å². The zero-order valence-corrected chi connectivity index (χ0v) is 16.1. The molecule has 3 aromatic heterocycles. The van der Waals surface area contributed by atoms with Crippen molar-refractivity contribution in [2.75, 3.05) is 0 Å². The van der Waals surface area contributed by atoms with Crippen LogP contribution < -0.4 is 4.74 Å².